The summed E-state index contributed by atoms with van der Waals surface area (Å²) in [5.41, 5.74) is 0.310. The fraction of sp³-hybridized carbons (Fsp3) is 0.381. The zero-order chi connectivity index (χ0) is 23.8. The molecular weight excluding hydrogens is 450 g/mol. The third-order valence-electron chi connectivity index (χ3n) is 5.23. The van der Waals surface area contributed by atoms with Crippen molar-refractivity contribution in [2.45, 2.75) is 24.4 Å². The lowest BCUT2D eigenvalue weighted by Gasteiger charge is -2.30. The fourth-order valence-electron chi connectivity index (χ4n) is 3.84. The Morgan fingerprint density at radius 2 is 1.84 bits per heavy atom. The molecule has 2 amide bonds. The molecule has 0 spiro atoms. The number of amides is 2. The van der Waals surface area contributed by atoms with Crippen LogP contribution in [0.2, 0.25) is 0 Å². The molecule has 0 saturated carbocycles. The van der Waals surface area contributed by atoms with Crippen LogP contribution in [0.5, 0.6) is 0 Å². The number of carbonyl (C=O) groups is 1. The predicted octanol–water partition coefficient (Wildman–Crippen LogP) is 3.09. The van der Waals surface area contributed by atoms with Gasteiger partial charge in [0.1, 0.15) is 17.7 Å². The van der Waals surface area contributed by atoms with Crippen molar-refractivity contribution >= 4 is 16.1 Å². The van der Waals surface area contributed by atoms with E-state index in [0.717, 1.165) is 22.1 Å². The maximum atomic E-state index is 15.3. The minimum atomic E-state index is -4.06. The van der Waals surface area contributed by atoms with Gasteiger partial charge in [-0.05, 0) is 29.7 Å². The lowest BCUT2D eigenvalue weighted by Crippen LogP contribution is -2.53. The first-order valence-electron chi connectivity index (χ1n) is 9.66. The SMILES string of the molecule is CN(C)C(=O)N1CC(F)(F)[C@H](NS(C)(=O)=O)[C@@H]1Cc1cccc(-c2cccc(F)c2)c1F. The second-order valence-electron chi connectivity index (χ2n) is 7.99. The number of carbonyl (C=O) groups excluding carboxylic acids is 1. The zero-order valence-electron chi connectivity index (χ0n) is 17.6. The highest BCUT2D eigenvalue weighted by Gasteiger charge is 2.57. The van der Waals surface area contributed by atoms with Crippen molar-refractivity contribution in [1.82, 2.24) is 14.5 Å². The standard InChI is InChI=1S/C21H23F4N3O3S/c1-27(2)20(29)28-12-21(24,25)19(26-32(3,30)31)17(28)11-14-7-5-9-16(18(14)23)13-6-4-8-15(22)10-13/h4-10,17,19,26H,11-12H2,1-3H3/t17-,19+/m0/s1. The number of nitrogens with zero attached hydrogens (tertiary/aromatic N) is 2. The molecule has 1 heterocycles. The molecule has 1 aliphatic rings. The van der Waals surface area contributed by atoms with Crippen LogP contribution in [0.1, 0.15) is 5.56 Å². The number of rotatable bonds is 5. The minimum Gasteiger partial charge on any atom is -0.331 e. The summed E-state index contributed by atoms with van der Waals surface area (Å²) in [4.78, 5) is 14.5. The van der Waals surface area contributed by atoms with E-state index in [0.29, 0.717) is 0 Å². The molecule has 2 aromatic carbocycles. The largest absolute Gasteiger partial charge is 0.331 e. The topological polar surface area (TPSA) is 69.7 Å². The van der Waals surface area contributed by atoms with E-state index in [1.165, 1.54) is 50.5 Å². The molecule has 0 radical (unpaired) electrons. The van der Waals surface area contributed by atoms with Crippen molar-refractivity contribution < 1.29 is 30.8 Å². The van der Waals surface area contributed by atoms with Crippen molar-refractivity contribution in [2.75, 3.05) is 26.9 Å². The van der Waals surface area contributed by atoms with Gasteiger partial charge in [0.15, 0.2) is 0 Å². The summed E-state index contributed by atoms with van der Waals surface area (Å²) in [6, 6.07) is 5.49. The third kappa shape index (κ3) is 5.04. The zero-order valence-corrected chi connectivity index (χ0v) is 18.5. The highest BCUT2D eigenvalue weighted by molar-refractivity contribution is 7.88. The van der Waals surface area contributed by atoms with Crippen molar-refractivity contribution in [3.05, 3.63) is 59.7 Å². The number of likely N-dealkylation sites (tertiary alicyclic amines) is 1. The van der Waals surface area contributed by atoms with Crippen LogP contribution in [-0.2, 0) is 16.4 Å². The highest BCUT2D eigenvalue weighted by atomic mass is 32.2. The number of hydrogen-bond donors (Lipinski definition) is 1. The van der Waals surface area contributed by atoms with E-state index in [1.807, 2.05) is 4.72 Å². The molecule has 0 aliphatic carbocycles. The van der Waals surface area contributed by atoms with E-state index in [1.54, 1.807) is 0 Å². The maximum absolute atomic E-state index is 15.3. The summed E-state index contributed by atoms with van der Waals surface area (Å²) in [5, 5.41) is 0. The number of halogens is 4. The maximum Gasteiger partial charge on any atom is 0.320 e. The first-order valence-corrected chi connectivity index (χ1v) is 11.6. The molecule has 1 aliphatic heterocycles. The van der Waals surface area contributed by atoms with Gasteiger partial charge >= 0.3 is 6.03 Å². The fourth-order valence-corrected chi connectivity index (χ4v) is 4.63. The van der Waals surface area contributed by atoms with Crippen LogP contribution in [0.3, 0.4) is 0 Å². The van der Waals surface area contributed by atoms with Gasteiger partial charge in [0, 0.05) is 19.7 Å². The number of urea groups is 1. The quantitative estimate of drug-likeness (QED) is 0.679. The summed E-state index contributed by atoms with van der Waals surface area (Å²) in [5.74, 6) is -4.90. The Kier molecular flexibility index (Phi) is 6.52. The summed E-state index contributed by atoms with van der Waals surface area (Å²) < 4.78 is 83.9. The van der Waals surface area contributed by atoms with E-state index >= 15 is 4.39 Å². The molecule has 2 atom stereocenters. The Bertz CT molecular complexity index is 1130. The molecule has 11 heteroatoms. The van der Waals surface area contributed by atoms with E-state index < -0.39 is 52.2 Å². The van der Waals surface area contributed by atoms with Gasteiger partial charge in [-0.15, -0.1) is 0 Å². The molecule has 0 aromatic heterocycles. The van der Waals surface area contributed by atoms with Gasteiger partial charge in [-0.25, -0.2) is 35.5 Å². The molecule has 0 bridgehead atoms. The third-order valence-corrected chi connectivity index (χ3v) is 5.92. The normalized spacial score (nSPS) is 20.4. The molecule has 1 fully saturated rings. The van der Waals surface area contributed by atoms with Crippen molar-refractivity contribution in [3.63, 3.8) is 0 Å². The Morgan fingerprint density at radius 3 is 2.44 bits per heavy atom. The van der Waals surface area contributed by atoms with Crippen molar-refractivity contribution in [1.29, 1.82) is 0 Å². The number of alkyl halides is 2. The Hall–Kier alpha value is -2.66. The van der Waals surface area contributed by atoms with Crippen LogP contribution < -0.4 is 4.72 Å². The first kappa shape index (κ1) is 24.0. The van der Waals surface area contributed by atoms with E-state index in [-0.39, 0.29) is 23.1 Å². The predicted molar refractivity (Wildman–Crippen MR) is 112 cm³/mol. The molecule has 2 aromatic rings. The average molecular weight is 473 g/mol. The monoisotopic (exact) mass is 473 g/mol. The van der Waals surface area contributed by atoms with Crippen LogP contribution in [0.15, 0.2) is 42.5 Å². The summed E-state index contributed by atoms with van der Waals surface area (Å²) in [6.45, 7) is -1.02. The van der Waals surface area contributed by atoms with Crippen LogP contribution in [0.4, 0.5) is 22.4 Å². The molecule has 6 nitrogen and oxygen atoms in total. The molecule has 1 saturated heterocycles. The molecular formula is C21H23F4N3O3S. The van der Waals surface area contributed by atoms with Gasteiger partial charge in [-0.3, -0.25) is 0 Å². The van der Waals surface area contributed by atoms with Gasteiger partial charge in [0.25, 0.3) is 5.92 Å². The Morgan fingerprint density at radius 1 is 1.19 bits per heavy atom. The number of sulfonamides is 1. The van der Waals surface area contributed by atoms with Gasteiger partial charge in [0.05, 0.1) is 18.8 Å². The van der Waals surface area contributed by atoms with Crippen LogP contribution in [0, 0.1) is 11.6 Å². The molecule has 174 valence electrons. The number of nitrogens with one attached hydrogen (secondary N) is 1. The lowest BCUT2D eigenvalue weighted by molar-refractivity contribution is -0.00494. The van der Waals surface area contributed by atoms with E-state index in [4.69, 9.17) is 0 Å². The summed E-state index contributed by atoms with van der Waals surface area (Å²) in [6.07, 6.45) is 0.360. The van der Waals surface area contributed by atoms with E-state index in [9.17, 15) is 26.4 Å². The van der Waals surface area contributed by atoms with Gasteiger partial charge in [0.2, 0.25) is 10.0 Å². The van der Waals surface area contributed by atoms with Crippen molar-refractivity contribution in [3.8, 4) is 11.1 Å². The average Bonchev–Trinajstić information content (AvgIpc) is 2.92. The number of hydrogen-bond acceptors (Lipinski definition) is 3. The van der Waals surface area contributed by atoms with Gasteiger partial charge in [-0.1, -0.05) is 30.3 Å². The minimum absolute atomic E-state index is 0.00804. The van der Waals surface area contributed by atoms with E-state index in [2.05, 4.69) is 0 Å². The van der Waals surface area contributed by atoms with Crippen molar-refractivity contribution in [2.24, 2.45) is 0 Å². The summed E-state index contributed by atoms with van der Waals surface area (Å²) >= 11 is 0. The molecule has 1 N–H and O–H groups in total. The van der Waals surface area contributed by atoms with Gasteiger partial charge < -0.3 is 9.80 Å². The van der Waals surface area contributed by atoms with Gasteiger partial charge in [-0.2, -0.15) is 0 Å². The Labute approximate surface area is 183 Å². The Balaban J connectivity index is 2.04. The summed E-state index contributed by atoms with van der Waals surface area (Å²) in [7, 11) is -1.31. The number of benzene rings is 2. The first-order chi connectivity index (χ1) is 14.8. The van der Waals surface area contributed by atoms with Crippen LogP contribution in [-0.4, -0.2) is 69.2 Å². The second kappa shape index (κ2) is 8.70. The molecule has 32 heavy (non-hydrogen) atoms. The second-order valence-corrected chi connectivity index (χ2v) is 9.77. The molecule has 3 rings (SSSR count). The lowest BCUT2D eigenvalue weighted by atomic mass is 9.95. The molecule has 0 unspecified atom stereocenters. The highest BCUT2D eigenvalue weighted by Crippen LogP contribution is 2.36. The van der Waals surface area contributed by atoms with Crippen LogP contribution >= 0.6 is 0 Å². The smallest absolute Gasteiger partial charge is 0.320 e. The van der Waals surface area contributed by atoms with Crippen LogP contribution in [0.25, 0.3) is 11.1 Å².